The first-order valence-electron chi connectivity index (χ1n) is 7.96. The van der Waals surface area contributed by atoms with E-state index >= 15 is 0 Å². The Hall–Kier alpha value is -1.42. The molecule has 0 spiro atoms. The molecule has 1 saturated carbocycles. The zero-order valence-electron chi connectivity index (χ0n) is 13.3. The van der Waals surface area contributed by atoms with Crippen LogP contribution in [0.15, 0.2) is 24.3 Å². The summed E-state index contributed by atoms with van der Waals surface area (Å²) in [5.74, 6) is 1.33. The summed E-state index contributed by atoms with van der Waals surface area (Å²) >= 11 is 5.83. The van der Waals surface area contributed by atoms with Crippen LogP contribution in [0.2, 0.25) is 5.02 Å². The first-order valence-corrected chi connectivity index (χ1v) is 8.34. The fourth-order valence-corrected chi connectivity index (χ4v) is 2.86. The molecule has 5 heteroatoms. The third kappa shape index (κ3) is 5.09. The number of halogens is 1. The Morgan fingerprint density at radius 2 is 2.00 bits per heavy atom. The molecule has 0 radical (unpaired) electrons. The van der Waals surface area contributed by atoms with E-state index in [1.54, 1.807) is 24.1 Å². The molecule has 0 saturated heterocycles. The van der Waals surface area contributed by atoms with Crippen molar-refractivity contribution in [2.24, 2.45) is 5.92 Å². The molecule has 0 aliphatic heterocycles. The van der Waals surface area contributed by atoms with Gasteiger partial charge >= 0.3 is 6.03 Å². The van der Waals surface area contributed by atoms with Gasteiger partial charge in [-0.25, -0.2) is 4.79 Å². The van der Waals surface area contributed by atoms with E-state index in [0.717, 1.165) is 12.2 Å². The number of nitrogens with one attached hydrogen (secondary N) is 1. The number of rotatable bonds is 5. The molecule has 0 heterocycles. The van der Waals surface area contributed by atoms with Crippen molar-refractivity contribution in [1.82, 2.24) is 10.2 Å². The summed E-state index contributed by atoms with van der Waals surface area (Å²) in [7, 11) is 1.80. The van der Waals surface area contributed by atoms with Gasteiger partial charge < -0.3 is 15.0 Å². The van der Waals surface area contributed by atoms with Crippen LogP contribution in [0.1, 0.15) is 32.6 Å². The maximum atomic E-state index is 12.2. The highest BCUT2D eigenvalue weighted by Crippen LogP contribution is 2.23. The normalized spacial score (nSPS) is 21.2. The van der Waals surface area contributed by atoms with E-state index in [-0.39, 0.29) is 6.03 Å². The van der Waals surface area contributed by atoms with Crippen molar-refractivity contribution < 1.29 is 9.53 Å². The highest BCUT2D eigenvalue weighted by molar-refractivity contribution is 6.30. The number of carbonyl (C=O) groups excluding carboxylic acids is 1. The number of hydrogen-bond donors (Lipinski definition) is 1. The molecule has 2 atom stereocenters. The lowest BCUT2D eigenvalue weighted by molar-refractivity contribution is 0.181. The summed E-state index contributed by atoms with van der Waals surface area (Å²) in [5.41, 5.74) is 0. The van der Waals surface area contributed by atoms with Crippen molar-refractivity contribution in [2.45, 2.75) is 38.6 Å². The van der Waals surface area contributed by atoms with Crippen molar-refractivity contribution in [3.8, 4) is 5.75 Å². The molecule has 0 unspecified atom stereocenters. The van der Waals surface area contributed by atoms with Gasteiger partial charge in [-0.1, -0.05) is 31.4 Å². The number of carbonyl (C=O) groups is 1. The van der Waals surface area contributed by atoms with E-state index in [1.165, 1.54) is 19.3 Å². The fourth-order valence-electron chi connectivity index (χ4n) is 2.73. The predicted octanol–water partition coefficient (Wildman–Crippen LogP) is 3.94. The second-order valence-electron chi connectivity index (χ2n) is 6.04. The third-order valence-corrected chi connectivity index (χ3v) is 4.53. The van der Waals surface area contributed by atoms with Gasteiger partial charge in [0.05, 0.1) is 6.54 Å². The molecule has 1 aliphatic rings. The van der Waals surface area contributed by atoms with Crippen LogP contribution < -0.4 is 10.1 Å². The first-order chi connectivity index (χ1) is 10.6. The molecule has 0 bridgehead atoms. The number of ether oxygens (including phenoxy) is 1. The largest absolute Gasteiger partial charge is 0.492 e. The van der Waals surface area contributed by atoms with Crippen LogP contribution in [-0.2, 0) is 0 Å². The summed E-state index contributed by atoms with van der Waals surface area (Å²) in [4.78, 5) is 13.9. The van der Waals surface area contributed by atoms with E-state index in [2.05, 4.69) is 12.2 Å². The number of hydrogen-bond acceptors (Lipinski definition) is 2. The monoisotopic (exact) mass is 324 g/mol. The lowest BCUT2D eigenvalue weighted by Gasteiger charge is -2.31. The molecule has 2 rings (SSSR count). The van der Waals surface area contributed by atoms with Crippen molar-refractivity contribution >= 4 is 17.6 Å². The molecule has 22 heavy (non-hydrogen) atoms. The topological polar surface area (TPSA) is 41.6 Å². The van der Waals surface area contributed by atoms with E-state index in [0.29, 0.717) is 30.1 Å². The summed E-state index contributed by atoms with van der Waals surface area (Å²) in [6.45, 7) is 3.23. The zero-order chi connectivity index (χ0) is 15.9. The second-order valence-corrected chi connectivity index (χ2v) is 6.48. The van der Waals surface area contributed by atoms with Gasteiger partial charge in [0.25, 0.3) is 0 Å². The third-order valence-electron chi connectivity index (χ3n) is 4.28. The van der Waals surface area contributed by atoms with Crippen molar-refractivity contribution in [2.75, 3.05) is 20.2 Å². The van der Waals surface area contributed by atoms with Crippen LogP contribution in [-0.4, -0.2) is 37.2 Å². The quantitative estimate of drug-likeness (QED) is 0.891. The van der Waals surface area contributed by atoms with E-state index < -0.39 is 0 Å². The molecular weight excluding hydrogens is 300 g/mol. The van der Waals surface area contributed by atoms with Crippen molar-refractivity contribution in [3.63, 3.8) is 0 Å². The Kier molecular flexibility index (Phi) is 6.37. The van der Waals surface area contributed by atoms with Crippen LogP contribution in [0.25, 0.3) is 0 Å². The highest BCUT2D eigenvalue weighted by atomic mass is 35.5. The predicted molar refractivity (Wildman–Crippen MR) is 89.5 cm³/mol. The lowest BCUT2D eigenvalue weighted by atomic mass is 9.86. The van der Waals surface area contributed by atoms with E-state index in [4.69, 9.17) is 16.3 Å². The van der Waals surface area contributed by atoms with Gasteiger partial charge in [-0.2, -0.15) is 0 Å². The van der Waals surface area contributed by atoms with Crippen LogP contribution in [0.3, 0.4) is 0 Å². The minimum Gasteiger partial charge on any atom is -0.492 e. The molecule has 1 aromatic carbocycles. The molecule has 1 aromatic rings. The maximum absolute atomic E-state index is 12.2. The van der Waals surface area contributed by atoms with Gasteiger partial charge in [0.15, 0.2) is 0 Å². The SMILES string of the molecule is C[C@@H]1CCCC[C@H]1NC(=O)N(C)CCOc1ccc(Cl)cc1. The van der Waals surface area contributed by atoms with Crippen LogP contribution in [0.4, 0.5) is 4.79 Å². The number of nitrogens with zero attached hydrogens (tertiary/aromatic N) is 1. The second kappa shape index (κ2) is 8.28. The van der Waals surface area contributed by atoms with Crippen LogP contribution >= 0.6 is 11.6 Å². The Labute approximate surface area is 137 Å². The van der Waals surface area contributed by atoms with Gasteiger partial charge in [0.1, 0.15) is 12.4 Å². The summed E-state index contributed by atoms with van der Waals surface area (Å²) in [5, 5.41) is 3.82. The summed E-state index contributed by atoms with van der Waals surface area (Å²) in [6.07, 6.45) is 4.77. The highest BCUT2D eigenvalue weighted by Gasteiger charge is 2.23. The van der Waals surface area contributed by atoms with Gasteiger partial charge in [0.2, 0.25) is 0 Å². The molecule has 1 N–H and O–H groups in total. The molecule has 2 amide bonds. The molecule has 1 fully saturated rings. The lowest BCUT2D eigenvalue weighted by Crippen LogP contribution is -2.47. The average molecular weight is 325 g/mol. The average Bonchev–Trinajstić information content (AvgIpc) is 2.51. The first kappa shape index (κ1) is 16.9. The molecule has 1 aliphatic carbocycles. The minimum atomic E-state index is -0.0153. The summed E-state index contributed by atoms with van der Waals surface area (Å²) in [6, 6.07) is 7.52. The standard InChI is InChI=1S/C17H25ClN2O2/c1-13-5-3-4-6-16(13)19-17(21)20(2)11-12-22-15-9-7-14(18)8-10-15/h7-10,13,16H,3-6,11-12H2,1-2H3,(H,19,21)/t13-,16-/m1/s1. The molecule has 122 valence electrons. The number of benzene rings is 1. The molecule has 0 aromatic heterocycles. The Bertz CT molecular complexity index is 478. The Morgan fingerprint density at radius 1 is 1.32 bits per heavy atom. The minimum absolute atomic E-state index is 0.0153. The number of urea groups is 1. The van der Waals surface area contributed by atoms with Crippen molar-refractivity contribution in [3.05, 3.63) is 29.3 Å². The van der Waals surface area contributed by atoms with Gasteiger partial charge in [-0.05, 0) is 43.0 Å². The van der Waals surface area contributed by atoms with E-state index in [9.17, 15) is 4.79 Å². The van der Waals surface area contributed by atoms with Crippen LogP contribution in [0, 0.1) is 5.92 Å². The van der Waals surface area contributed by atoms with Gasteiger partial charge in [0, 0.05) is 18.1 Å². The van der Waals surface area contributed by atoms with Crippen molar-refractivity contribution in [1.29, 1.82) is 0 Å². The smallest absolute Gasteiger partial charge is 0.317 e. The van der Waals surface area contributed by atoms with Gasteiger partial charge in [-0.3, -0.25) is 0 Å². The fraction of sp³-hybridized carbons (Fsp3) is 0.588. The number of amides is 2. The molecular formula is C17H25ClN2O2. The summed E-state index contributed by atoms with van der Waals surface area (Å²) < 4.78 is 5.61. The zero-order valence-corrected chi connectivity index (χ0v) is 14.1. The molecule has 4 nitrogen and oxygen atoms in total. The Morgan fingerprint density at radius 3 is 2.68 bits per heavy atom. The van der Waals surface area contributed by atoms with Crippen LogP contribution in [0.5, 0.6) is 5.75 Å². The maximum Gasteiger partial charge on any atom is 0.317 e. The van der Waals surface area contributed by atoms with Gasteiger partial charge in [-0.15, -0.1) is 0 Å². The Balaban J connectivity index is 1.70. The van der Waals surface area contributed by atoms with E-state index in [1.807, 2.05) is 12.1 Å². The number of likely N-dealkylation sites (N-methyl/N-ethyl adjacent to an activating group) is 1.